The first kappa shape index (κ1) is 12.4. The van der Waals surface area contributed by atoms with Crippen molar-refractivity contribution in [3.8, 4) is 0 Å². The van der Waals surface area contributed by atoms with Gasteiger partial charge in [-0.1, -0.05) is 0 Å². The molecule has 1 aliphatic heterocycles. The fourth-order valence-electron chi connectivity index (χ4n) is 2.21. The molecule has 2 fully saturated rings. The zero-order chi connectivity index (χ0) is 12.4. The van der Waals surface area contributed by atoms with Gasteiger partial charge in [-0.3, -0.25) is 9.59 Å². The number of hydrogen-bond acceptors (Lipinski definition) is 3. The lowest BCUT2D eigenvalue weighted by Gasteiger charge is -2.37. The monoisotopic (exact) mass is 240 g/mol. The molecule has 1 saturated carbocycles. The molecule has 0 aromatic carbocycles. The van der Waals surface area contributed by atoms with E-state index in [1.165, 1.54) is 0 Å². The second-order valence-electron chi connectivity index (χ2n) is 4.73. The molecule has 2 aliphatic rings. The summed E-state index contributed by atoms with van der Waals surface area (Å²) in [6.07, 6.45) is 2.09. The minimum atomic E-state index is -0.377. The number of amides is 2. The standard InChI is InChI=1S/C12H20N2O3/c1-3-17-7-6-14-8(2)11(15)13-10(12(14)16)9-4-5-9/h8-10H,3-7H2,1-2H3,(H,13,15). The summed E-state index contributed by atoms with van der Waals surface area (Å²) in [6.45, 7) is 5.32. The zero-order valence-corrected chi connectivity index (χ0v) is 10.4. The maximum Gasteiger partial charge on any atom is 0.246 e. The fourth-order valence-corrected chi connectivity index (χ4v) is 2.21. The van der Waals surface area contributed by atoms with Gasteiger partial charge in [0.15, 0.2) is 0 Å². The van der Waals surface area contributed by atoms with Crippen molar-refractivity contribution in [3.63, 3.8) is 0 Å². The summed E-state index contributed by atoms with van der Waals surface area (Å²) < 4.78 is 5.25. The van der Waals surface area contributed by atoms with E-state index in [-0.39, 0.29) is 23.9 Å². The van der Waals surface area contributed by atoms with Crippen molar-refractivity contribution in [2.24, 2.45) is 5.92 Å². The van der Waals surface area contributed by atoms with Gasteiger partial charge >= 0.3 is 0 Å². The molecule has 2 amide bonds. The van der Waals surface area contributed by atoms with Crippen molar-refractivity contribution in [2.45, 2.75) is 38.8 Å². The van der Waals surface area contributed by atoms with Gasteiger partial charge in [0.1, 0.15) is 12.1 Å². The second kappa shape index (κ2) is 5.04. The number of carbonyl (C=O) groups excluding carboxylic acids is 2. The van der Waals surface area contributed by atoms with E-state index in [4.69, 9.17) is 4.74 Å². The first-order chi connectivity index (χ1) is 8.15. The highest BCUT2D eigenvalue weighted by molar-refractivity contribution is 5.97. The van der Waals surface area contributed by atoms with Crippen LogP contribution in [0.5, 0.6) is 0 Å². The Morgan fingerprint density at radius 2 is 2.12 bits per heavy atom. The predicted octanol–water partition coefficient (Wildman–Crippen LogP) is 0.148. The summed E-state index contributed by atoms with van der Waals surface area (Å²) >= 11 is 0. The van der Waals surface area contributed by atoms with E-state index >= 15 is 0 Å². The molecule has 1 aliphatic carbocycles. The summed E-state index contributed by atoms with van der Waals surface area (Å²) in [5, 5.41) is 2.83. The third-order valence-corrected chi connectivity index (χ3v) is 3.47. The van der Waals surface area contributed by atoms with Gasteiger partial charge < -0.3 is 15.0 Å². The quantitative estimate of drug-likeness (QED) is 0.696. The van der Waals surface area contributed by atoms with E-state index < -0.39 is 0 Å². The minimum absolute atomic E-state index is 0.0435. The van der Waals surface area contributed by atoms with Crippen LogP contribution in [0.25, 0.3) is 0 Å². The Bertz CT molecular complexity index is 315. The molecule has 1 saturated heterocycles. The number of carbonyl (C=O) groups is 2. The smallest absolute Gasteiger partial charge is 0.246 e. The molecule has 1 heterocycles. The molecule has 2 rings (SSSR count). The maximum atomic E-state index is 12.2. The van der Waals surface area contributed by atoms with Crippen LogP contribution in [0.4, 0.5) is 0 Å². The van der Waals surface area contributed by atoms with Crippen molar-refractivity contribution in [3.05, 3.63) is 0 Å². The van der Waals surface area contributed by atoms with Gasteiger partial charge in [0.25, 0.3) is 0 Å². The molecule has 5 nitrogen and oxygen atoms in total. The van der Waals surface area contributed by atoms with Gasteiger partial charge in [-0.2, -0.15) is 0 Å². The molecule has 2 atom stereocenters. The lowest BCUT2D eigenvalue weighted by molar-refractivity contribution is -0.150. The summed E-state index contributed by atoms with van der Waals surface area (Å²) in [5.41, 5.74) is 0. The van der Waals surface area contributed by atoms with Crippen LogP contribution >= 0.6 is 0 Å². The van der Waals surface area contributed by atoms with Gasteiger partial charge in [-0.25, -0.2) is 0 Å². The van der Waals surface area contributed by atoms with Gasteiger partial charge in [-0.05, 0) is 32.6 Å². The molecule has 96 valence electrons. The topological polar surface area (TPSA) is 58.6 Å². The minimum Gasteiger partial charge on any atom is -0.380 e. The van der Waals surface area contributed by atoms with Crippen molar-refractivity contribution in [1.29, 1.82) is 0 Å². The van der Waals surface area contributed by atoms with E-state index in [2.05, 4.69) is 5.32 Å². The Hall–Kier alpha value is -1.10. The van der Waals surface area contributed by atoms with Crippen LogP contribution in [0.3, 0.4) is 0 Å². The molecule has 0 bridgehead atoms. The molecule has 5 heteroatoms. The number of rotatable bonds is 5. The van der Waals surface area contributed by atoms with E-state index in [0.717, 1.165) is 12.8 Å². The highest BCUT2D eigenvalue weighted by Crippen LogP contribution is 2.34. The SMILES string of the molecule is CCOCCN1C(=O)C(C2CC2)NC(=O)C1C. The molecule has 2 unspecified atom stereocenters. The Labute approximate surface area is 101 Å². The van der Waals surface area contributed by atoms with Crippen LogP contribution in [-0.2, 0) is 14.3 Å². The summed E-state index contributed by atoms with van der Waals surface area (Å²) in [7, 11) is 0. The maximum absolute atomic E-state index is 12.2. The summed E-state index contributed by atoms with van der Waals surface area (Å²) in [4.78, 5) is 25.6. The Kier molecular flexibility index (Phi) is 3.66. The van der Waals surface area contributed by atoms with E-state index in [1.54, 1.807) is 11.8 Å². The van der Waals surface area contributed by atoms with Crippen LogP contribution in [0.2, 0.25) is 0 Å². The Morgan fingerprint density at radius 1 is 1.41 bits per heavy atom. The number of nitrogens with zero attached hydrogens (tertiary/aromatic N) is 1. The van der Waals surface area contributed by atoms with Crippen LogP contribution < -0.4 is 5.32 Å². The first-order valence-electron chi connectivity index (χ1n) is 6.33. The third kappa shape index (κ3) is 2.60. The fraction of sp³-hybridized carbons (Fsp3) is 0.833. The van der Waals surface area contributed by atoms with Crippen LogP contribution in [0.1, 0.15) is 26.7 Å². The van der Waals surface area contributed by atoms with Crippen LogP contribution in [-0.4, -0.2) is 48.6 Å². The molecule has 0 aromatic rings. The molecule has 1 N–H and O–H groups in total. The number of ether oxygens (including phenoxy) is 1. The van der Waals surface area contributed by atoms with Crippen molar-refractivity contribution >= 4 is 11.8 Å². The van der Waals surface area contributed by atoms with Gasteiger partial charge in [0, 0.05) is 13.2 Å². The van der Waals surface area contributed by atoms with Crippen LogP contribution in [0, 0.1) is 5.92 Å². The Morgan fingerprint density at radius 3 is 2.71 bits per heavy atom. The zero-order valence-electron chi connectivity index (χ0n) is 10.4. The van der Waals surface area contributed by atoms with Gasteiger partial charge in [-0.15, -0.1) is 0 Å². The highest BCUT2D eigenvalue weighted by atomic mass is 16.5. The second-order valence-corrected chi connectivity index (χ2v) is 4.73. The number of piperazine rings is 1. The number of nitrogens with one attached hydrogen (secondary N) is 1. The van der Waals surface area contributed by atoms with E-state index in [1.807, 2.05) is 6.92 Å². The molecule has 0 radical (unpaired) electrons. The van der Waals surface area contributed by atoms with E-state index in [0.29, 0.717) is 25.7 Å². The van der Waals surface area contributed by atoms with Gasteiger partial charge in [0.2, 0.25) is 11.8 Å². The lowest BCUT2D eigenvalue weighted by Crippen LogP contribution is -2.63. The molecular formula is C12H20N2O3. The predicted molar refractivity (Wildman–Crippen MR) is 62.3 cm³/mol. The normalized spacial score (nSPS) is 29.4. The van der Waals surface area contributed by atoms with Crippen molar-refractivity contribution in [2.75, 3.05) is 19.8 Å². The third-order valence-electron chi connectivity index (χ3n) is 3.47. The van der Waals surface area contributed by atoms with Crippen LogP contribution in [0.15, 0.2) is 0 Å². The van der Waals surface area contributed by atoms with Gasteiger partial charge in [0.05, 0.1) is 6.61 Å². The summed E-state index contributed by atoms with van der Waals surface area (Å²) in [5.74, 6) is 0.367. The first-order valence-corrected chi connectivity index (χ1v) is 6.33. The van der Waals surface area contributed by atoms with E-state index in [9.17, 15) is 9.59 Å². The largest absolute Gasteiger partial charge is 0.380 e. The Balaban J connectivity index is 1.99. The average Bonchev–Trinajstić information content (AvgIpc) is 3.12. The molecule has 17 heavy (non-hydrogen) atoms. The number of hydrogen-bond donors (Lipinski definition) is 1. The average molecular weight is 240 g/mol. The van der Waals surface area contributed by atoms with Crippen molar-refractivity contribution < 1.29 is 14.3 Å². The molecule has 0 aromatic heterocycles. The molecular weight excluding hydrogens is 220 g/mol. The summed E-state index contributed by atoms with van der Waals surface area (Å²) in [6, 6.07) is -0.668. The van der Waals surface area contributed by atoms with Crippen molar-refractivity contribution in [1.82, 2.24) is 10.2 Å². The highest BCUT2D eigenvalue weighted by Gasteiger charge is 2.45. The molecule has 0 spiro atoms. The lowest BCUT2D eigenvalue weighted by atomic mass is 10.0.